The van der Waals surface area contributed by atoms with Crippen LogP contribution >= 0.6 is 0 Å². The van der Waals surface area contributed by atoms with Gasteiger partial charge < -0.3 is 19.9 Å². The van der Waals surface area contributed by atoms with Gasteiger partial charge in [0, 0.05) is 50.6 Å². The smallest absolute Gasteiger partial charge is 0.243 e. The number of aromatic nitrogens is 2. The van der Waals surface area contributed by atoms with Crippen LogP contribution in [-0.4, -0.2) is 93.7 Å². The summed E-state index contributed by atoms with van der Waals surface area (Å²) in [5.41, 5.74) is 1.26. The van der Waals surface area contributed by atoms with Gasteiger partial charge in [0.2, 0.25) is 20.0 Å². The number of benzene rings is 2. The molecule has 2 aromatic carbocycles. The number of aryl methyl sites for hydroxylation is 1. The van der Waals surface area contributed by atoms with Crippen molar-refractivity contribution in [1.82, 2.24) is 24.1 Å². The normalized spacial score (nSPS) is 20.1. The summed E-state index contributed by atoms with van der Waals surface area (Å²) in [5, 5.41) is 17.9. The Labute approximate surface area is 246 Å². The lowest BCUT2D eigenvalue weighted by Crippen LogP contribution is -2.47. The van der Waals surface area contributed by atoms with E-state index in [2.05, 4.69) is 15.1 Å². The van der Waals surface area contributed by atoms with Crippen LogP contribution in [0.2, 0.25) is 0 Å². The van der Waals surface area contributed by atoms with Crippen molar-refractivity contribution in [2.24, 2.45) is 7.05 Å². The van der Waals surface area contributed by atoms with Gasteiger partial charge in [0.25, 0.3) is 0 Å². The second-order valence-electron chi connectivity index (χ2n) is 10.8. The summed E-state index contributed by atoms with van der Waals surface area (Å²) in [6.45, 7) is 1.46. The topological polar surface area (TPSA) is 152 Å². The van der Waals surface area contributed by atoms with Crippen molar-refractivity contribution < 1.29 is 31.4 Å². The Kier molecular flexibility index (Phi) is 9.04. The van der Waals surface area contributed by atoms with Crippen LogP contribution in [-0.2, 0) is 31.8 Å². The van der Waals surface area contributed by atoms with Crippen molar-refractivity contribution in [3.8, 4) is 16.9 Å². The lowest BCUT2D eigenvalue weighted by Gasteiger charge is -2.38. The number of ether oxygens (including phenoxy) is 2. The molecule has 2 aliphatic heterocycles. The van der Waals surface area contributed by atoms with Gasteiger partial charge in [-0.3, -0.25) is 4.68 Å². The Morgan fingerprint density at radius 1 is 1.10 bits per heavy atom. The fourth-order valence-electron chi connectivity index (χ4n) is 5.42. The number of aliphatic hydroxyl groups is 1. The van der Waals surface area contributed by atoms with E-state index in [9.17, 15) is 21.9 Å². The van der Waals surface area contributed by atoms with Crippen molar-refractivity contribution in [2.45, 2.75) is 46.8 Å². The fourth-order valence-corrected chi connectivity index (χ4v) is 7.67. The number of rotatable bonds is 11. The Bertz CT molecular complexity index is 1600. The largest absolute Gasteiger partial charge is 0.491 e. The van der Waals surface area contributed by atoms with E-state index < -0.39 is 31.8 Å². The Hall–Kier alpha value is -2.85. The number of hydrogen-bond acceptors (Lipinski definition) is 9. The molecule has 2 aliphatic rings. The van der Waals surface area contributed by atoms with Gasteiger partial charge in [-0.05, 0) is 56.1 Å². The summed E-state index contributed by atoms with van der Waals surface area (Å²) < 4.78 is 68.1. The molecule has 14 heteroatoms. The molecule has 0 amide bonds. The molecule has 42 heavy (non-hydrogen) atoms. The summed E-state index contributed by atoms with van der Waals surface area (Å²) in [7, 11) is -4.09. The SMILES string of the molecule is CNS(=O)(=O)c1cccc(OC[C@@H](O)CNC2COC3(CCN(S(=O)(=O)c4cccc(-c5cnn(C)c5)c4)CC3)C2)c1. The minimum atomic E-state index is -3.66. The van der Waals surface area contributed by atoms with Crippen LogP contribution in [0, 0.1) is 0 Å². The van der Waals surface area contributed by atoms with Gasteiger partial charge in [0.1, 0.15) is 18.5 Å². The second kappa shape index (κ2) is 12.4. The highest BCUT2D eigenvalue weighted by atomic mass is 32.2. The number of hydrogen-bond donors (Lipinski definition) is 3. The van der Waals surface area contributed by atoms with Crippen molar-refractivity contribution >= 4 is 20.0 Å². The van der Waals surface area contributed by atoms with E-state index in [4.69, 9.17) is 9.47 Å². The van der Waals surface area contributed by atoms with E-state index >= 15 is 0 Å². The van der Waals surface area contributed by atoms with Crippen molar-refractivity contribution in [3.05, 3.63) is 60.9 Å². The molecule has 2 saturated heterocycles. The van der Waals surface area contributed by atoms with Crippen LogP contribution in [0.25, 0.3) is 11.1 Å². The van der Waals surface area contributed by atoms with E-state index in [1.54, 1.807) is 41.2 Å². The van der Waals surface area contributed by atoms with Gasteiger partial charge >= 0.3 is 0 Å². The van der Waals surface area contributed by atoms with Gasteiger partial charge in [-0.15, -0.1) is 0 Å². The zero-order valence-corrected chi connectivity index (χ0v) is 25.3. The summed E-state index contributed by atoms with van der Waals surface area (Å²) >= 11 is 0. The standard InChI is InChI=1S/C28H37N5O7S2/c1-29-41(35,36)26-7-4-6-25(14-26)39-20-24(34)17-30-23-15-28(40-19-23)9-11-33(12-10-28)42(37,38)27-8-3-5-21(13-27)22-16-31-32(2)18-22/h3-8,13-14,16,18,23-24,29-30,34H,9-12,15,17,19-20H2,1-2H3/t23?,24-/m0/s1. The van der Waals surface area contributed by atoms with Crippen molar-refractivity contribution in [2.75, 3.05) is 39.9 Å². The van der Waals surface area contributed by atoms with Crippen LogP contribution in [0.3, 0.4) is 0 Å². The number of nitrogens with one attached hydrogen (secondary N) is 2. The molecule has 0 saturated carbocycles. The van der Waals surface area contributed by atoms with Crippen LogP contribution < -0.4 is 14.8 Å². The van der Waals surface area contributed by atoms with Crippen LogP contribution in [0.15, 0.2) is 70.7 Å². The van der Waals surface area contributed by atoms with Gasteiger partial charge in [-0.2, -0.15) is 9.40 Å². The van der Waals surface area contributed by atoms with Crippen LogP contribution in [0.5, 0.6) is 5.75 Å². The molecule has 1 unspecified atom stereocenters. The number of sulfonamides is 2. The minimum Gasteiger partial charge on any atom is -0.491 e. The van der Waals surface area contributed by atoms with E-state index in [1.807, 2.05) is 19.3 Å². The predicted octanol–water partition coefficient (Wildman–Crippen LogP) is 1.34. The number of aliphatic hydroxyl groups excluding tert-OH is 1. The predicted molar refractivity (Wildman–Crippen MR) is 156 cm³/mol. The summed E-state index contributed by atoms with van der Waals surface area (Å²) in [6.07, 6.45) is 4.63. The number of piperidine rings is 1. The second-order valence-corrected chi connectivity index (χ2v) is 14.6. The molecule has 3 aromatic rings. The average Bonchev–Trinajstić information content (AvgIpc) is 3.61. The maximum atomic E-state index is 13.4. The fraction of sp³-hybridized carbons (Fsp3) is 0.464. The van der Waals surface area contributed by atoms with E-state index in [-0.39, 0.29) is 29.0 Å². The highest BCUT2D eigenvalue weighted by molar-refractivity contribution is 7.89. The molecular weight excluding hydrogens is 582 g/mol. The monoisotopic (exact) mass is 619 g/mol. The Morgan fingerprint density at radius 3 is 2.55 bits per heavy atom. The third-order valence-electron chi connectivity index (χ3n) is 7.82. The zero-order valence-electron chi connectivity index (χ0n) is 23.6. The Balaban J connectivity index is 1.10. The first-order valence-corrected chi connectivity index (χ1v) is 16.7. The third kappa shape index (κ3) is 6.86. The molecule has 3 N–H and O–H groups in total. The molecule has 228 valence electrons. The van der Waals surface area contributed by atoms with Crippen molar-refractivity contribution in [3.63, 3.8) is 0 Å². The highest BCUT2D eigenvalue weighted by Crippen LogP contribution is 2.37. The molecule has 12 nitrogen and oxygen atoms in total. The lowest BCUT2D eigenvalue weighted by atomic mass is 9.88. The van der Waals surface area contributed by atoms with Crippen molar-refractivity contribution in [1.29, 1.82) is 0 Å². The molecule has 2 atom stereocenters. The summed E-state index contributed by atoms with van der Waals surface area (Å²) in [6, 6.07) is 13.0. The molecule has 0 aliphatic carbocycles. The van der Waals surface area contributed by atoms with Gasteiger partial charge in [-0.25, -0.2) is 21.6 Å². The quantitative estimate of drug-likeness (QED) is 0.289. The van der Waals surface area contributed by atoms with Gasteiger partial charge in [-0.1, -0.05) is 18.2 Å². The van der Waals surface area contributed by atoms with Crippen LogP contribution in [0.4, 0.5) is 0 Å². The molecule has 2 fully saturated rings. The first-order chi connectivity index (χ1) is 20.0. The maximum absolute atomic E-state index is 13.4. The first kappa shape index (κ1) is 30.6. The zero-order chi connectivity index (χ0) is 30.0. The third-order valence-corrected chi connectivity index (χ3v) is 11.1. The van der Waals surface area contributed by atoms with Gasteiger partial charge in [0.15, 0.2) is 0 Å². The maximum Gasteiger partial charge on any atom is 0.243 e. The lowest BCUT2D eigenvalue weighted by molar-refractivity contribution is -0.0312. The minimum absolute atomic E-state index is 0.0103. The molecule has 5 rings (SSSR count). The molecule has 3 heterocycles. The van der Waals surface area contributed by atoms with E-state index in [0.29, 0.717) is 38.3 Å². The number of nitrogens with zero attached hydrogens (tertiary/aromatic N) is 3. The van der Waals surface area contributed by atoms with Crippen LogP contribution in [0.1, 0.15) is 19.3 Å². The molecular formula is C28H37N5O7S2. The van der Waals surface area contributed by atoms with E-state index in [1.165, 1.54) is 23.5 Å². The summed E-state index contributed by atoms with van der Waals surface area (Å²) in [4.78, 5) is 0.346. The molecule has 0 radical (unpaired) electrons. The van der Waals surface area contributed by atoms with E-state index in [0.717, 1.165) is 17.5 Å². The molecule has 0 bridgehead atoms. The molecule has 1 aromatic heterocycles. The first-order valence-electron chi connectivity index (χ1n) is 13.8. The Morgan fingerprint density at radius 2 is 1.83 bits per heavy atom. The highest BCUT2D eigenvalue weighted by Gasteiger charge is 2.44. The van der Waals surface area contributed by atoms with Gasteiger partial charge in [0.05, 0.1) is 28.2 Å². The average molecular weight is 620 g/mol. The molecule has 1 spiro atoms. The summed E-state index contributed by atoms with van der Waals surface area (Å²) in [5.74, 6) is 0.346.